The Morgan fingerprint density at radius 3 is 2.85 bits per heavy atom. The van der Waals surface area contributed by atoms with E-state index in [9.17, 15) is 0 Å². The van der Waals surface area contributed by atoms with Crippen molar-refractivity contribution in [2.24, 2.45) is 0 Å². The minimum absolute atomic E-state index is 0.722. The maximum absolute atomic E-state index is 5.36. The smallest absolute Gasteiger partial charge is 0.114 e. The number of aryl methyl sites for hydroxylation is 1. The Morgan fingerprint density at radius 2 is 2.15 bits per heavy atom. The van der Waals surface area contributed by atoms with Gasteiger partial charge in [-0.1, -0.05) is 33.8 Å². The number of hydrogen-bond acceptors (Lipinski definition) is 4. The lowest BCUT2D eigenvalue weighted by molar-refractivity contribution is 0.199. The largest absolute Gasteiger partial charge is 0.468 e. The molecule has 0 fully saturated rings. The molecule has 1 N–H and O–H groups in total. The van der Waals surface area contributed by atoms with Gasteiger partial charge in [0.05, 0.1) is 17.8 Å². The van der Waals surface area contributed by atoms with E-state index < -0.39 is 0 Å². The second kappa shape index (κ2) is 7.88. The lowest BCUT2D eigenvalue weighted by Crippen LogP contribution is -2.18. The van der Waals surface area contributed by atoms with Crippen LogP contribution in [-0.2, 0) is 11.3 Å². The molecule has 0 atom stereocenters. The maximum Gasteiger partial charge on any atom is 0.114 e. The first-order valence-corrected chi connectivity index (χ1v) is 8.01. The van der Waals surface area contributed by atoms with Crippen LogP contribution in [0.15, 0.2) is 49.2 Å². The normalized spacial score (nSPS) is 10.9. The second-order valence-electron chi connectivity index (χ2n) is 4.36. The van der Waals surface area contributed by atoms with Crippen LogP contribution in [0.3, 0.4) is 0 Å². The van der Waals surface area contributed by atoms with Gasteiger partial charge >= 0.3 is 0 Å². The average Bonchev–Trinajstić information content (AvgIpc) is 2.82. The van der Waals surface area contributed by atoms with Gasteiger partial charge in [-0.3, -0.25) is 0 Å². The van der Waals surface area contributed by atoms with Crippen LogP contribution < -0.4 is 5.32 Å². The molecule has 1 aromatic carbocycles. The number of halogens is 1. The molecule has 3 nitrogen and oxygen atoms in total. The monoisotopic (exact) mass is 355 g/mol. The molecule has 1 heterocycles. The summed E-state index contributed by atoms with van der Waals surface area (Å²) in [6.07, 6.45) is 1.73. The fourth-order valence-electron chi connectivity index (χ4n) is 1.76. The van der Waals surface area contributed by atoms with Gasteiger partial charge in [0.2, 0.25) is 0 Å². The van der Waals surface area contributed by atoms with Gasteiger partial charge in [0.25, 0.3) is 0 Å². The van der Waals surface area contributed by atoms with Crippen LogP contribution in [0.2, 0.25) is 0 Å². The summed E-state index contributed by atoms with van der Waals surface area (Å²) in [5, 5.41) is 3.38. The molecule has 5 heteroatoms. The van der Waals surface area contributed by atoms with Gasteiger partial charge in [-0.25, -0.2) is 0 Å². The van der Waals surface area contributed by atoms with Crippen molar-refractivity contribution in [1.29, 1.82) is 0 Å². The second-order valence-corrected chi connectivity index (χ2v) is 6.36. The summed E-state index contributed by atoms with van der Waals surface area (Å²) >= 11 is 5.27. The molecule has 0 saturated carbocycles. The van der Waals surface area contributed by atoms with E-state index in [1.807, 2.05) is 13.0 Å². The molecule has 0 amide bonds. The summed E-state index contributed by atoms with van der Waals surface area (Å²) in [6, 6.07) is 8.36. The number of methoxy groups -OCH3 is 1. The van der Waals surface area contributed by atoms with Crippen LogP contribution in [0.4, 0.5) is 0 Å². The third kappa shape index (κ3) is 4.38. The highest BCUT2D eigenvalue weighted by atomic mass is 79.9. The number of ether oxygens (including phenoxy) is 1. The first-order valence-electron chi connectivity index (χ1n) is 6.40. The Labute approximate surface area is 132 Å². The lowest BCUT2D eigenvalue weighted by Gasteiger charge is -2.10. The molecule has 0 saturated heterocycles. The van der Waals surface area contributed by atoms with Crippen molar-refractivity contribution in [3.63, 3.8) is 0 Å². The van der Waals surface area contributed by atoms with Gasteiger partial charge in [0.15, 0.2) is 0 Å². The summed E-state index contributed by atoms with van der Waals surface area (Å²) in [5.74, 6) is 0.952. The zero-order valence-electron chi connectivity index (χ0n) is 11.6. The first kappa shape index (κ1) is 15.6. The topological polar surface area (TPSA) is 34.4 Å². The van der Waals surface area contributed by atoms with Crippen LogP contribution in [0.1, 0.15) is 11.3 Å². The highest BCUT2D eigenvalue weighted by Crippen LogP contribution is 2.34. The van der Waals surface area contributed by atoms with E-state index in [-0.39, 0.29) is 0 Å². The van der Waals surface area contributed by atoms with E-state index in [1.165, 1.54) is 10.5 Å². The van der Waals surface area contributed by atoms with E-state index in [0.29, 0.717) is 0 Å². The van der Waals surface area contributed by atoms with E-state index >= 15 is 0 Å². The van der Waals surface area contributed by atoms with Crippen molar-refractivity contribution < 1.29 is 9.15 Å². The van der Waals surface area contributed by atoms with Crippen molar-refractivity contribution in [3.8, 4) is 0 Å². The predicted octanol–water partition coefficient (Wildman–Crippen LogP) is 4.24. The van der Waals surface area contributed by atoms with Crippen LogP contribution >= 0.6 is 27.7 Å². The van der Waals surface area contributed by atoms with Gasteiger partial charge in [0, 0.05) is 29.6 Å². The Bertz CT molecular complexity index is 557. The van der Waals surface area contributed by atoms with Crippen LogP contribution in [0.5, 0.6) is 0 Å². The molecule has 0 spiro atoms. The third-order valence-electron chi connectivity index (χ3n) is 2.86. The summed E-state index contributed by atoms with van der Waals surface area (Å²) in [7, 11) is 1.71. The number of benzene rings is 1. The van der Waals surface area contributed by atoms with E-state index in [4.69, 9.17) is 9.15 Å². The van der Waals surface area contributed by atoms with Gasteiger partial charge in [-0.05, 0) is 30.7 Å². The number of furan rings is 1. The Hall–Kier alpha value is -0.750. The molecule has 0 aliphatic heterocycles. The number of hydrogen-bond donors (Lipinski definition) is 1. The molecule has 0 radical (unpaired) electrons. The van der Waals surface area contributed by atoms with Gasteiger partial charge in [0.1, 0.15) is 5.76 Å². The van der Waals surface area contributed by atoms with Crippen molar-refractivity contribution >= 4 is 27.7 Å². The van der Waals surface area contributed by atoms with Gasteiger partial charge in [-0.2, -0.15) is 0 Å². The number of nitrogens with one attached hydrogen (secondary N) is 1. The summed E-state index contributed by atoms with van der Waals surface area (Å²) < 4.78 is 11.5. The predicted molar refractivity (Wildman–Crippen MR) is 85.3 cm³/mol. The van der Waals surface area contributed by atoms with Crippen LogP contribution in [0, 0.1) is 6.92 Å². The molecule has 0 aliphatic carbocycles. The van der Waals surface area contributed by atoms with E-state index in [0.717, 1.165) is 34.8 Å². The zero-order valence-corrected chi connectivity index (χ0v) is 14.0. The average molecular weight is 356 g/mol. The highest BCUT2D eigenvalue weighted by molar-refractivity contribution is 9.10. The molecule has 0 bridgehead atoms. The standard InChI is InChI=1S/C15H18BrNO2S/c1-11-14(5-7-19-11)20-15-9-13(16)4-3-12(15)10-17-6-8-18-2/h3-5,7,9,17H,6,8,10H2,1-2H3. The van der Waals surface area contributed by atoms with Gasteiger partial charge in [-0.15, -0.1) is 0 Å². The molecule has 1 aromatic heterocycles. The minimum atomic E-state index is 0.722. The van der Waals surface area contributed by atoms with Crippen LogP contribution in [-0.4, -0.2) is 20.3 Å². The molecule has 0 unspecified atom stereocenters. The molecule has 108 valence electrons. The molecule has 20 heavy (non-hydrogen) atoms. The summed E-state index contributed by atoms with van der Waals surface area (Å²) in [6.45, 7) is 4.38. The Kier molecular flexibility index (Phi) is 6.16. The van der Waals surface area contributed by atoms with Gasteiger partial charge < -0.3 is 14.5 Å². The molecular weight excluding hydrogens is 338 g/mol. The summed E-state index contributed by atoms with van der Waals surface area (Å²) in [4.78, 5) is 2.38. The van der Waals surface area contributed by atoms with Crippen molar-refractivity contribution in [2.75, 3.05) is 20.3 Å². The molecular formula is C15H18BrNO2S. The molecule has 2 aromatic rings. The first-order chi connectivity index (χ1) is 9.70. The maximum atomic E-state index is 5.36. The van der Waals surface area contributed by atoms with Crippen molar-refractivity contribution in [3.05, 3.63) is 46.3 Å². The van der Waals surface area contributed by atoms with E-state index in [1.54, 1.807) is 25.1 Å². The zero-order chi connectivity index (χ0) is 14.4. The fraction of sp³-hybridized carbons (Fsp3) is 0.333. The highest BCUT2D eigenvalue weighted by Gasteiger charge is 2.09. The van der Waals surface area contributed by atoms with E-state index in [2.05, 4.69) is 39.4 Å². The minimum Gasteiger partial charge on any atom is -0.468 e. The van der Waals surface area contributed by atoms with Crippen molar-refractivity contribution in [1.82, 2.24) is 5.32 Å². The van der Waals surface area contributed by atoms with Crippen LogP contribution in [0.25, 0.3) is 0 Å². The third-order valence-corrected chi connectivity index (χ3v) is 4.60. The SMILES string of the molecule is COCCNCc1ccc(Br)cc1Sc1ccoc1C. The van der Waals surface area contributed by atoms with Crippen molar-refractivity contribution in [2.45, 2.75) is 23.3 Å². The molecule has 0 aliphatic rings. The fourth-order valence-corrected chi connectivity index (χ4v) is 3.29. The number of rotatable bonds is 7. The quantitative estimate of drug-likeness (QED) is 0.753. The summed E-state index contributed by atoms with van der Waals surface area (Å²) in [5.41, 5.74) is 1.27. The molecule has 2 rings (SSSR count). The Morgan fingerprint density at radius 1 is 1.30 bits per heavy atom. The lowest BCUT2D eigenvalue weighted by atomic mass is 10.2. The Balaban J connectivity index is 2.09.